The van der Waals surface area contributed by atoms with Crippen molar-refractivity contribution in [2.75, 3.05) is 24.7 Å². The van der Waals surface area contributed by atoms with Gasteiger partial charge in [0.25, 0.3) is 5.91 Å². The topological polar surface area (TPSA) is 55.8 Å². The maximum Gasteiger partial charge on any atom is 0.338 e. The second-order valence-corrected chi connectivity index (χ2v) is 5.69. The molecule has 5 nitrogen and oxygen atoms in total. The monoisotopic (exact) mass is 355 g/mol. The molecule has 1 heterocycles. The van der Waals surface area contributed by atoms with Crippen LogP contribution in [0.3, 0.4) is 0 Å². The molecule has 0 N–H and O–H groups in total. The SMILES string of the molecule is CCN(C(=O)COC(=O)C1=Cc2ccccc2OC1)c1ccc(F)cc1. The largest absolute Gasteiger partial charge is 0.488 e. The molecule has 0 fully saturated rings. The Morgan fingerprint density at radius 3 is 2.62 bits per heavy atom. The predicted octanol–water partition coefficient (Wildman–Crippen LogP) is 3.20. The Morgan fingerprint density at radius 1 is 1.15 bits per heavy atom. The number of rotatable bonds is 5. The molecule has 1 amide bonds. The number of nitrogens with zero attached hydrogens (tertiary/aromatic N) is 1. The number of hydrogen-bond acceptors (Lipinski definition) is 4. The molecule has 1 aliphatic heterocycles. The Labute approximate surface area is 150 Å². The molecule has 26 heavy (non-hydrogen) atoms. The van der Waals surface area contributed by atoms with Gasteiger partial charge in [0.1, 0.15) is 18.2 Å². The third kappa shape index (κ3) is 3.91. The third-order valence-electron chi connectivity index (χ3n) is 3.98. The van der Waals surface area contributed by atoms with Gasteiger partial charge < -0.3 is 14.4 Å². The van der Waals surface area contributed by atoms with E-state index >= 15 is 0 Å². The lowest BCUT2D eigenvalue weighted by atomic mass is 10.1. The average molecular weight is 355 g/mol. The fraction of sp³-hybridized carbons (Fsp3) is 0.200. The number of benzene rings is 2. The summed E-state index contributed by atoms with van der Waals surface area (Å²) in [6.45, 7) is 1.86. The first-order valence-corrected chi connectivity index (χ1v) is 8.24. The first kappa shape index (κ1) is 17.7. The Kier molecular flexibility index (Phi) is 5.31. The number of ether oxygens (including phenoxy) is 2. The van der Waals surface area contributed by atoms with Crippen molar-refractivity contribution in [3.05, 3.63) is 65.5 Å². The van der Waals surface area contributed by atoms with Crippen molar-refractivity contribution in [3.63, 3.8) is 0 Å². The van der Waals surface area contributed by atoms with Crippen molar-refractivity contribution >= 4 is 23.6 Å². The van der Waals surface area contributed by atoms with Crippen LogP contribution in [-0.2, 0) is 14.3 Å². The van der Waals surface area contributed by atoms with Gasteiger partial charge in [-0.3, -0.25) is 4.79 Å². The van der Waals surface area contributed by atoms with Crippen LogP contribution in [0.4, 0.5) is 10.1 Å². The number of amides is 1. The van der Waals surface area contributed by atoms with Crippen LogP contribution in [0.15, 0.2) is 54.1 Å². The van der Waals surface area contributed by atoms with Gasteiger partial charge in [-0.05, 0) is 43.3 Å². The second-order valence-electron chi connectivity index (χ2n) is 5.69. The fourth-order valence-corrected chi connectivity index (χ4v) is 2.66. The lowest BCUT2D eigenvalue weighted by molar-refractivity contribution is -0.144. The Morgan fingerprint density at radius 2 is 1.88 bits per heavy atom. The van der Waals surface area contributed by atoms with Crippen molar-refractivity contribution in [2.24, 2.45) is 0 Å². The van der Waals surface area contributed by atoms with Gasteiger partial charge in [0.15, 0.2) is 6.61 Å². The molecule has 0 spiro atoms. The number of hydrogen-bond donors (Lipinski definition) is 0. The summed E-state index contributed by atoms with van der Waals surface area (Å²) in [5, 5.41) is 0. The zero-order chi connectivity index (χ0) is 18.5. The standard InChI is InChI=1S/C20H18FNO4/c1-2-22(17-9-7-16(21)8-10-17)19(23)13-26-20(24)15-11-14-5-3-4-6-18(14)25-12-15/h3-11H,2,12-13H2,1H3. The van der Waals surface area contributed by atoms with Crippen LogP contribution in [0.25, 0.3) is 6.08 Å². The predicted molar refractivity (Wildman–Crippen MR) is 95.3 cm³/mol. The van der Waals surface area contributed by atoms with E-state index in [2.05, 4.69) is 0 Å². The highest BCUT2D eigenvalue weighted by molar-refractivity contribution is 5.99. The molecule has 0 aliphatic carbocycles. The molecule has 0 saturated heterocycles. The molecule has 0 saturated carbocycles. The number of esters is 1. The minimum atomic E-state index is -0.594. The molecule has 134 valence electrons. The summed E-state index contributed by atoms with van der Waals surface area (Å²) in [4.78, 5) is 26.0. The van der Waals surface area contributed by atoms with Crippen LogP contribution in [0, 0.1) is 5.82 Å². The minimum Gasteiger partial charge on any atom is -0.488 e. The molecule has 2 aromatic rings. The van der Waals surface area contributed by atoms with Gasteiger partial charge in [-0.1, -0.05) is 18.2 Å². The van der Waals surface area contributed by atoms with Crippen molar-refractivity contribution < 1.29 is 23.5 Å². The molecule has 6 heteroatoms. The van der Waals surface area contributed by atoms with Crippen LogP contribution in [-0.4, -0.2) is 31.6 Å². The first-order chi connectivity index (χ1) is 12.6. The first-order valence-electron chi connectivity index (χ1n) is 8.24. The zero-order valence-electron chi connectivity index (χ0n) is 14.3. The second kappa shape index (κ2) is 7.82. The summed E-state index contributed by atoms with van der Waals surface area (Å²) in [6, 6.07) is 12.9. The molecule has 0 aromatic heterocycles. The lowest BCUT2D eigenvalue weighted by Gasteiger charge is -2.21. The summed E-state index contributed by atoms with van der Waals surface area (Å²) < 4.78 is 23.7. The zero-order valence-corrected chi connectivity index (χ0v) is 14.3. The minimum absolute atomic E-state index is 0.0967. The number of anilines is 1. The van der Waals surface area contributed by atoms with Gasteiger partial charge >= 0.3 is 5.97 Å². The van der Waals surface area contributed by atoms with E-state index in [1.54, 1.807) is 13.0 Å². The van der Waals surface area contributed by atoms with Gasteiger partial charge in [-0.2, -0.15) is 0 Å². The van der Waals surface area contributed by atoms with Crippen LogP contribution in [0.1, 0.15) is 12.5 Å². The number of likely N-dealkylation sites (N-methyl/N-ethyl adjacent to an activating group) is 1. The van der Waals surface area contributed by atoms with Crippen molar-refractivity contribution in [2.45, 2.75) is 6.92 Å². The van der Waals surface area contributed by atoms with Gasteiger partial charge in [0, 0.05) is 17.8 Å². The van der Waals surface area contributed by atoms with E-state index in [1.807, 2.05) is 24.3 Å². The molecule has 2 aromatic carbocycles. The molecular weight excluding hydrogens is 337 g/mol. The Hall–Kier alpha value is -3.15. The average Bonchev–Trinajstić information content (AvgIpc) is 2.67. The van der Waals surface area contributed by atoms with E-state index in [4.69, 9.17) is 9.47 Å². The van der Waals surface area contributed by atoms with Crippen molar-refractivity contribution in [1.29, 1.82) is 0 Å². The van der Waals surface area contributed by atoms with Crippen LogP contribution < -0.4 is 9.64 Å². The van der Waals surface area contributed by atoms with Crippen molar-refractivity contribution in [3.8, 4) is 5.75 Å². The molecular formula is C20H18FNO4. The van der Waals surface area contributed by atoms with E-state index in [1.165, 1.54) is 29.2 Å². The maximum absolute atomic E-state index is 13.0. The number of halogens is 1. The summed E-state index contributed by atoms with van der Waals surface area (Å²) in [5.74, 6) is -0.657. The third-order valence-corrected chi connectivity index (χ3v) is 3.98. The molecule has 1 aliphatic rings. The fourth-order valence-electron chi connectivity index (χ4n) is 2.66. The van der Waals surface area contributed by atoms with Crippen molar-refractivity contribution in [1.82, 2.24) is 0 Å². The van der Waals surface area contributed by atoms with Gasteiger partial charge in [-0.15, -0.1) is 0 Å². The molecule has 0 bridgehead atoms. The van der Waals surface area contributed by atoms with Crippen LogP contribution in [0.2, 0.25) is 0 Å². The molecule has 0 radical (unpaired) electrons. The summed E-state index contributed by atoms with van der Waals surface area (Å²) >= 11 is 0. The van der Waals surface area contributed by atoms with Gasteiger partial charge in [-0.25, -0.2) is 9.18 Å². The molecule has 3 rings (SSSR count). The normalized spacial score (nSPS) is 12.5. The lowest BCUT2D eigenvalue weighted by Crippen LogP contribution is -2.35. The van der Waals surface area contributed by atoms with E-state index < -0.39 is 12.6 Å². The quantitative estimate of drug-likeness (QED) is 0.773. The van der Waals surface area contributed by atoms with E-state index in [0.29, 0.717) is 23.6 Å². The van der Waals surface area contributed by atoms with Crippen LogP contribution in [0.5, 0.6) is 5.75 Å². The highest BCUT2D eigenvalue weighted by atomic mass is 19.1. The van der Waals surface area contributed by atoms with Crippen LogP contribution >= 0.6 is 0 Å². The summed E-state index contributed by atoms with van der Waals surface area (Å²) in [5.41, 5.74) is 1.68. The number of para-hydroxylation sites is 1. The number of carbonyl (C=O) groups is 2. The number of fused-ring (bicyclic) bond motifs is 1. The smallest absolute Gasteiger partial charge is 0.338 e. The summed E-state index contributed by atoms with van der Waals surface area (Å²) in [7, 11) is 0. The van der Waals surface area contributed by atoms with Gasteiger partial charge in [0.2, 0.25) is 0 Å². The van der Waals surface area contributed by atoms with E-state index in [-0.39, 0.29) is 18.3 Å². The molecule has 0 atom stereocenters. The van der Waals surface area contributed by atoms with E-state index in [0.717, 1.165) is 5.56 Å². The van der Waals surface area contributed by atoms with E-state index in [9.17, 15) is 14.0 Å². The summed E-state index contributed by atoms with van der Waals surface area (Å²) in [6.07, 6.45) is 1.70. The molecule has 0 unspecified atom stereocenters. The highest BCUT2D eigenvalue weighted by Crippen LogP contribution is 2.26. The Balaban J connectivity index is 1.63. The van der Waals surface area contributed by atoms with Gasteiger partial charge in [0.05, 0.1) is 5.57 Å². The highest BCUT2D eigenvalue weighted by Gasteiger charge is 2.21. The number of carbonyl (C=O) groups excluding carboxylic acids is 2. The maximum atomic E-state index is 13.0. The Bertz CT molecular complexity index is 845.